The first-order chi connectivity index (χ1) is 12.4. The van der Waals surface area contributed by atoms with Crippen LogP contribution in [0.25, 0.3) is 0 Å². The van der Waals surface area contributed by atoms with E-state index in [1.807, 2.05) is 18.2 Å². The lowest BCUT2D eigenvalue weighted by Crippen LogP contribution is -3.16. The largest absolute Gasteiger partial charge is 0.497 e. The van der Waals surface area contributed by atoms with E-state index >= 15 is 0 Å². The Kier molecular flexibility index (Phi) is 5.94. The van der Waals surface area contributed by atoms with E-state index < -0.39 is 21.3 Å². The van der Waals surface area contributed by atoms with E-state index in [4.69, 9.17) is 16.3 Å². The molecule has 2 fully saturated rings. The molecule has 0 bridgehead atoms. The maximum atomic E-state index is 12.2. The van der Waals surface area contributed by atoms with Crippen LogP contribution in [0.15, 0.2) is 24.3 Å². The van der Waals surface area contributed by atoms with Gasteiger partial charge in [-0.2, -0.15) is 0 Å². The lowest BCUT2D eigenvalue weighted by Gasteiger charge is -2.33. The molecule has 2 aliphatic heterocycles. The number of carbonyl (C=O) groups is 1. The van der Waals surface area contributed by atoms with Gasteiger partial charge in [0.15, 0.2) is 16.4 Å². The molecule has 1 aromatic rings. The van der Waals surface area contributed by atoms with Crippen LogP contribution in [0.3, 0.4) is 0 Å². The van der Waals surface area contributed by atoms with Crippen molar-refractivity contribution in [3.05, 3.63) is 24.3 Å². The molecule has 9 heteroatoms. The average molecular weight is 403 g/mol. The first-order valence-corrected chi connectivity index (χ1v) is 11.0. The van der Waals surface area contributed by atoms with E-state index in [-0.39, 0.29) is 17.4 Å². The molecule has 0 aromatic heterocycles. The van der Waals surface area contributed by atoms with Crippen LogP contribution < -0.4 is 19.9 Å². The maximum Gasteiger partial charge on any atom is 0.275 e. The Balaban J connectivity index is 1.47. The summed E-state index contributed by atoms with van der Waals surface area (Å²) in [6.45, 7) is 3.74. The van der Waals surface area contributed by atoms with Gasteiger partial charge in [-0.15, -0.1) is 11.6 Å². The van der Waals surface area contributed by atoms with Crippen molar-refractivity contribution in [2.75, 3.05) is 56.2 Å². The van der Waals surface area contributed by atoms with Crippen molar-refractivity contribution in [3.8, 4) is 5.75 Å². The van der Waals surface area contributed by atoms with E-state index in [1.165, 1.54) is 4.90 Å². The third kappa shape index (κ3) is 4.81. The number of anilines is 1. The number of methoxy groups -OCH3 is 1. The minimum atomic E-state index is -3.14. The highest BCUT2D eigenvalue weighted by molar-refractivity contribution is 7.91. The van der Waals surface area contributed by atoms with Crippen LogP contribution in [0.1, 0.15) is 0 Å². The zero-order valence-corrected chi connectivity index (χ0v) is 16.4. The van der Waals surface area contributed by atoms with Crippen LogP contribution in [0.5, 0.6) is 5.75 Å². The van der Waals surface area contributed by atoms with Gasteiger partial charge in [-0.25, -0.2) is 8.42 Å². The number of rotatable bonds is 5. The zero-order valence-electron chi connectivity index (χ0n) is 14.8. The Hall–Kier alpha value is -1.51. The number of amides is 1. The van der Waals surface area contributed by atoms with Gasteiger partial charge in [0.05, 0.1) is 56.2 Å². The lowest BCUT2D eigenvalue weighted by molar-refractivity contribution is -0.892. The number of benzene rings is 1. The van der Waals surface area contributed by atoms with Crippen molar-refractivity contribution in [3.63, 3.8) is 0 Å². The summed E-state index contributed by atoms with van der Waals surface area (Å²) in [6.07, 6.45) is 0. The summed E-state index contributed by atoms with van der Waals surface area (Å²) < 4.78 is 28.4. The molecule has 0 radical (unpaired) electrons. The summed E-state index contributed by atoms with van der Waals surface area (Å²) in [6, 6.07) is 7.48. The zero-order chi connectivity index (χ0) is 18.7. The summed E-state index contributed by atoms with van der Waals surface area (Å²) in [4.78, 5) is 15.7. The normalized spacial score (nSPS) is 25.8. The van der Waals surface area contributed by atoms with Crippen molar-refractivity contribution in [2.45, 2.75) is 11.4 Å². The van der Waals surface area contributed by atoms with Gasteiger partial charge in [0.25, 0.3) is 5.91 Å². The topological polar surface area (TPSA) is 80.2 Å². The summed E-state index contributed by atoms with van der Waals surface area (Å²) in [5.74, 6) is 0.568. The van der Waals surface area contributed by atoms with Gasteiger partial charge in [-0.05, 0) is 12.1 Å². The second-order valence-corrected chi connectivity index (χ2v) is 9.60. The molecule has 0 aliphatic carbocycles. The molecular weight excluding hydrogens is 378 g/mol. The van der Waals surface area contributed by atoms with E-state index in [0.717, 1.165) is 37.6 Å². The summed E-state index contributed by atoms with van der Waals surface area (Å²) >= 11 is 6.04. The molecule has 2 N–H and O–H groups in total. The number of hydrogen-bond acceptors (Lipinski definition) is 5. The van der Waals surface area contributed by atoms with E-state index in [0.29, 0.717) is 6.54 Å². The maximum absolute atomic E-state index is 12.2. The van der Waals surface area contributed by atoms with Crippen molar-refractivity contribution >= 4 is 33.0 Å². The highest BCUT2D eigenvalue weighted by Gasteiger charge is 2.37. The van der Waals surface area contributed by atoms with Crippen LogP contribution >= 0.6 is 11.6 Å². The van der Waals surface area contributed by atoms with Crippen LogP contribution in [-0.4, -0.2) is 77.1 Å². The molecule has 0 spiro atoms. The molecule has 1 aromatic carbocycles. The Labute approximate surface area is 159 Å². The number of halogens is 1. The summed E-state index contributed by atoms with van der Waals surface area (Å²) in [5.41, 5.74) is 1.12. The number of hydrogen-bond donors (Lipinski definition) is 2. The first-order valence-electron chi connectivity index (χ1n) is 8.73. The number of nitrogens with one attached hydrogen (secondary N) is 2. The number of sulfone groups is 1. The fourth-order valence-electron chi connectivity index (χ4n) is 3.49. The van der Waals surface area contributed by atoms with Crippen molar-refractivity contribution < 1.29 is 22.8 Å². The Morgan fingerprint density at radius 1 is 1.35 bits per heavy atom. The number of piperazine rings is 1. The molecule has 0 unspecified atom stereocenters. The first kappa shape index (κ1) is 19.3. The predicted molar refractivity (Wildman–Crippen MR) is 101 cm³/mol. The second-order valence-electron chi connectivity index (χ2n) is 6.88. The number of carbonyl (C=O) groups excluding carboxylic acids is 1. The SMILES string of the molecule is COc1cccc(N2CC[NH+](CC(=O)N[C@@H]3CS(=O)(=O)C[C@@H]3Cl)CC2)c1. The van der Waals surface area contributed by atoms with Crippen molar-refractivity contribution in [1.29, 1.82) is 0 Å². The smallest absolute Gasteiger partial charge is 0.275 e. The predicted octanol–water partition coefficient (Wildman–Crippen LogP) is -1.08. The number of quaternary nitrogens is 1. The molecule has 144 valence electrons. The van der Waals surface area contributed by atoms with Crippen molar-refractivity contribution in [2.24, 2.45) is 0 Å². The van der Waals surface area contributed by atoms with Gasteiger partial charge in [0, 0.05) is 11.8 Å². The standard InChI is InChI=1S/C17H24ClN3O4S/c1-25-14-4-2-3-13(9-14)21-7-5-20(6-8-21)10-17(22)19-16-12-26(23,24)11-15(16)18/h2-4,9,15-16H,5-8,10-12H2,1H3,(H,19,22)/p+1/t15-,16+/m0/s1. The molecule has 26 heavy (non-hydrogen) atoms. The summed E-state index contributed by atoms with van der Waals surface area (Å²) in [5, 5.41) is 2.25. The number of alkyl halides is 1. The van der Waals surface area contributed by atoms with Crippen LogP contribution in [0.4, 0.5) is 5.69 Å². The van der Waals surface area contributed by atoms with Gasteiger partial charge in [-0.3, -0.25) is 4.79 Å². The van der Waals surface area contributed by atoms with Gasteiger partial charge in [-0.1, -0.05) is 6.07 Å². The molecular formula is C17H25ClN3O4S+. The highest BCUT2D eigenvalue weighted by Crippen LogP contribution is 2.20. The average Bonchev–Trinajstić information content (AvgIpc) is 2.87. The minimum Gasteiger partial charge on any atom is -0.497 e. The fourth-order valence-corrected chi connectivity index (χ4v) is 6.04. The molecule has 2 aliphatic rings. The summed E-state index contributed by atoms with van der Waals surface area (Å²) in [7, 11) is -1.48. The second kappa shape index (κ2) is 8.02. The van der Waals surface area contributed by atoms with Gasteiger partial charge in [0.2, 0.25) is 0 Å². The molecule has 3 rings (SSSR count). The lowest BCUT2D eigenvalue weighted by atomic mass is 10.2. The van der Waals surface area contributed by atoms with Crippen LogP contribution in [0, 0.1) is 0 Å². The molecule has 0 saturated carbocycles. The highest BCUT2D eigenvalue weighted by atomic mass is 35.5. The van der Waals surface area contributed by atoms with Gasteiger partial charge in [0.1, 0.15) is 5.75 Å². The van der Waals surface area contributed by atoms with Gasteiger partial charge < -0.3 is 19.9 Å². The molecule has 1 amide bonds. The third-order valence-corrected chi connectivity index (χ3v) is 7.30. The quantitative estimate of drug-likeness (QED) is 0.612. The van der Waals surface area contributed by atoms with Crippen LogP contribution in [-0.2, 0) is 14.6 Å². The molecule has 2 saturated heterocycles. The molecule has 7 nitrogen and oxygen atoms in total. The molecule has 2 heterocycles. The van der Waals surface area contributed by atoms with E-state index in [2.05, 4.69) is 16.3 Å². The monoisotopic (exact) mass is 402 g/mol. The van der Waals surface area contributed by atoms with Crippen molar-refractivity contribution in [1.82, 2.24) is 5.32 Å². The Morgan fingerprint density at radius 3 is 2.69 bits per heavy atom. The Morgan fingerprint density at radius 2 is 2.08 bits per heavy atom. The van der Waals surface area contributed by atoms with E-state index in [9.17, 15) is 13.2 Å². The van der Waals surface area contributed by atoms with Crippen LogP contribution in [0.2, 0.25) is 0 Å². The third-order valence-electron chi connectivity index (χ3n) is 4.93. The Bertz CT molecular complexity index is 750. The molecule has 2 atom stereocenters. The minimum absolute atomic E-state index is 0.0636. The number of nitrogens with zero attached hydrogens (tertiary/aromatic N) is 1. The van der Waals surface area contributed by atoms with E-state index in [1.54, 1.807) is 7.11 Å². The fraction of sp³-hybridized carbons (Fsp3) is 0.588. The van der Waals surface area contributed by atoms with Gasteiger partial charge >= 0.3 is 0 Å². The number of ether oxygens (including phenoxy) is 1.